The number of halogens is 2. The van der Waals surface area contributed by atoms with Gasteiger partial charge in [-0.3, -0.25) is 9.69 Å². The summed E-state index contributed by atoms with van der Waals surface area (Å²) in [7, 11) is 0. The SMILES string of the molecule is Cl.O=C(CN1CCC2CNCC2C1)Nc1ccccc1Cl. The summed E-state index contributed by atoms with van der Waals surface area (Å²) in [6.45, 7) is 4.72. The lowest BCUT2D eigenvalue weighted by molar-refractivity contribution is -0.117. The van der Waals surface area contributed by atoms with Gasteiger partial charge in [-0.15, -0.1) is 12.4 Å². The van der Waals surface area contributed by atoms with Crippen LogP contribution in [0.5, 0.6) is 0 Å². The quantitative estimate of drug-likeness (QED) is 0.893. The lowest BCUT2D eigenvalue weighted by Gasteiger charge is -2.33. The summed E-state index contributed by atoms with van der Waals surface area (Å²) in [6.07, 6.45) is 1.19. The number of anilines is 1. The molecular formula is C15H21Cl2N3O. The van der Waals surface area contributed by atoms with Gasteiger partial charge in [-0.05, 0) is 50.0 Å². The maximum absolute atomic E-state index is 12.1. The minimum atomic E-state index is 0. The predicted molar refractivity (Wildman–Crippen MR) is 88.2 cm³/mol. The number of fused-ring (bicyclic) bond motifs is 1. The molecule has 6 heteroatoms. The highest BCUT2D eigenvalue weighted by Gasteiger charge is 2.33. The molecule has 2 aliphatic heterocycles. The monoisotopic (exact) mass is 329 g/mol. The van der Waals surface area contributed by atoms with Crippen molar-refractivity contribution in [3.8, 4) is 0 Å². The van der Waals surface area contributed by atoms with Crippen molar-refractivity contribution in [2.45, 2.75) is 6.42 Å². The molecule has 2 unspecified atom stereocenters. The van der Waals surface area contributed by atoms with Crippen molar-refractivity contribution in [2.75, 3.05) is 38.0 Å². The predicted octanol–water partition coefficient (Wildman–Crippen LogP) is 2.24. The van der Waals surface area contributed by atoms with E-state index >= 15 is 0 Å². The molecule has 1 aromatic carbocycles. The number of likely N-dealkylation sites (tertiary alicyclic amines) is 1. The molecule has 0 spiro atoms. The Morgan fingerprint density at radius 3 is 2.90 bits per heavy atom. The molecule has 4 nitrogen and oxygen atoms in total. The van der Waals surface area contributed by atoms with Gasteiger partial charge >= 0.3 is 0 Å². The van der Waals surface area contributed by atoms with Crippen molar-refractivity contribution in [2.24, 2.45) is 11.8 Å². The summed E-state index contributed by atoms with van der Waals surface area (Å²) in [5.74, 6) is 1.53. The van der Waals surface area contributed by atoms with Crippen LogP contribution >= 0.6 is 24.0 Å². The molecule has 0 radical (unpaired) electrons. The third kappa shape index (κ3) is 4.10. The van der Waals surface area contributed by atoms with Gasteiger partial charge in [-0.1, -0.05) is 23.7 Å². The zero-order valence-electron chi connectivity index (χ0n) is 11.8. The fourth-order valence-electron chi connectivity index (χ4n) is 3.21. The number of amides is 1. The second-order valence-electron chi connectivity index (χ2n) is 5.73. The van der Waals surface area contributed by atoms with E-state index in [1.54, 1.807) is 6.07 Å². The Kier molecular flexibility index (Phi) is 5.88. The number of carbonyl (C=O) groups is 1. The van der Waals surface area contributed by atoms with Gasteiger partial charge in [0.15, 0.2) is 0 Å². The zero-order chi connectivity index (χ0) is 13.9. The van der Waals surface area contributed by atoms with Crippen molar-refractivity contribution in [3.63, 3.8) is 0 Å². The fourth-order valence-corrected chi connectivity index (χ4v) is 3.39. The summed E-state index contributed by atoms with van der Waals surface area (Å²) >= 11 is 6.05. The summed E-state index contributed by atoms with van der Waals surface area (Å²) in [4.78, 5) is 14.3. The summed E-state index contributed by atoms with van der Waals surface area (Å²) in [5, 5.41) is 6.91. The molecule has 3 rings (SSSR count). The van der Waals surface area contributed by atoms with Crippen LogP contribution in [0.3, 0.4) is 0 Å². The van der Waals surface area contributed by atoms with Gasteiger partial charge in [0.2, 0.25) is 5.91 Å². The van der Waals surface area contributed by atoms with Gasteiger partial charge in [0.25, 0.3) is 0 Å². The highest BCUT2D eigenvalue weighted by Crippen LogP contribution is 2.26. The first kappa shape index (κ1) is 16.6. The third-order valence-electron chi connectivity index (χ3n) is 4.30. The van der Waals surface area contributed by atoms with Crippen molar-refractivity contribution in [1.29, 1.82) is 0 Å². The summed E-state index contributed by atoms with van der Waals surface area (Å²) < 4.78 is 0. The lowest BCUT2D eigenvalue weighted by Crippen LogP contribution is -2.43. The first-order chi connectivity index (χ1) is 9.72. The second kappa shape index (κ2) is 7.45. The molecule has 0 bridgehead atoms. The van der Waals surface area contributed by atoms with E-state index in [2.05, 4.69) is 15.5 Å². The molecule has 1 aromatic rings. The Morgan fingerprint density at radius 1 is 1.33 bits per heavy atom. The van der Waals surface area contributed by atoms with Gasteiger partial charge in [-0.2, -0.15) is 0 Å². The molecule has 2 saturated heterocycles. The Balaban J connectivity index is 0.00000161. The number of nitrogens with zero attached hydrogens (tertiary/aromatic N) is 1. The number of carbonyl (C=O) groups excluding carboxylic acids is 1. The first-order valence-electron chi connectivity index (χ1n) is 7.20. The number of para-hydroxylation sites is 1. The maximum atomic E-state index is 12.1. The molecule has 2 N–H and O–H groups in total. The highest BCUT2D eigenvalue weighted by molar-refractivity contribution is 6.33. The molecule has 0 saturated carbocycles. The average Bonchev–Trinajstić information content (AvgIpc) is 2.89. The Morgan fingerprint density at radius 2 is 2.10 bits per heavy atom. The number of rotatable bonds is 3. The topological polar surface area (TPSA) is 44.4 Å². The maximum Gasteiger partial charge on any atom is 0.238 e. The normalized spacial score (nSPS) is 25.0. The minimum Gasteiger partial charge on any atom is -0.324 e. The van der Waals surface area contributed by atoms with E-state index in [4.69, 9.17) is 11.6 Å². The molecule has 1 amide bonds. The Hall–Kier alpha value is -0.810. The molecule has 116 valence electrons. The first-order valence-corrected chi connectivity index (χ1v) is 7.57. The van der Waals surface area contributed by atoms with Crippen LogP contribution in [0.4, 0.5) is 5.69 Å². The van der Waals surface area contributed by atoms with E-state index < -0.39 is 0 Å². The van der Waals surface area contributed by atoms with Crippen LogP contribution in [-0.2, 0) is 4.79 Å². The van der Waals surface area contributed by atoms with Crippen LogP contribution in [0.25, 0.3) is 0 Å². The van der Waals surface area contributed by atoms with Crippen LogP contribution in [0.2, 0.25) is 5.02 Å². The van der Waals surface area contributed by atoms with Gasteiger partial charge < -0.3 is 10.6 Å². The molecule has 2 fully saturated rings. The number of piperidine rings is 1. The van der Waals surface area contributed by atoms with Crippen molar-refractivity contribution >= 4 is 35.6 Å². The van der Waals surface area contributed by atoms with Crippen LogP contribution in [0.15, 0.2) is 24.3 Å². The van der Waals surface area contributed by atoms with Crippen molar-refractivity contribution in [3.05, 3.63) is 29.3 Å². The van der Waals surface area contributed by atoms with E-state index in [1.807, 2.05) is 18.2 Å². The fraction of sp³-hybridized carbons (Fsp3) is 0.533. The second-order valence-corrected chi connectivity index (χ2v) is 6.14. The molecule has 2 aliphatic rings. The number of hydrogen-bond acceptors (Lipinski definition) is 3. The lowest BCUT2D eigenvalue weighted by atomic mass is 9.89. The van der Waals surface area contributed by atoms with Crippen LogP contribution in [0, 0.1) is 11.8 Å². The number of benzene rings is 1. The number of hydrogen-bond donors (Lipinski definition) is 2. The van der Waals surface area contributed by atoms with E-state index in [0.717, 1.165) is 32.1 Å². The van der Waals surface area contributed by atoms with Crippen molar-refractivity contribution < 1.29 is 4.79 Å². The van der Waals surface area contributed by atoms with Gasteiger partial charge in [0.1, 0.15) is 0 Å². The largest absolute Gasteiger partial charge is 0.324 e. The smallest absolute Gasteiger partial charge is 0.238 e. The molecule has 0 aliphatic carbocycles. The van der Waals surface area contributed by atoms with Gasteiger partial charge in [-0.25, -0.2) is 0 Å². The minimum absolute atomic E-state index is 0. The summed E-state index contributed by atoms with van der Waals surface area (Å²) in [5.41, 5.74) is 0.691. The van der Waals surface area contributed by atoms with E-state index in [1.165, 1.54) is 6.42 Å². The van der Waals surface area contributed by atoms with Gasteiger partial charge in [0, 0.05) is 6.54 Å². The highest BCUT2D eigenvalue weighted by atomic mass is 35.5. The van der Waals surface area contributed by atoms with Crippen molar-refractivity contribution in [1.82, 2.24) is 10.2 Å². The van der Waals surface area contributed by atoms with E-state index in [0.29, 0.717) is 23.2 Å². The Labute approximate surface area is 136 Å². The number of nitrogens with one attached hydrogen (secondary N) is 2. The third-order valence-corrected chi connectivity index (χ3v) is 4.63. The van der Waals surface area contributed by atoms with E-state index in [-0.39, 0.29) is 18.3 Å². The molecule has 0 aromatic heterocycles. The van der Waals surface area contributed by atoms with Crippen LogP contribution < -0.4 is 10.6 Å². The summed E-state index contributed by atoms with van der Waals surface area (Å²) in [6, 6.07) is 7.34. The standard InChI is InChI=1S/C15H20ClN3O.ClH/c16-13-3-1-2-4-14(13)18-15(20)10-19-6-5-11-7-17-8-12(11)9-19;/h1-4,11-12,17H,5-10H2,(H,18,20);1H. The Bertz CT molecular complexity index is 498. The molecule has 2 heterocycles. The van der Waals surface area contributed by atoms with Crippen LogP contribution in [0.1, 0.15) is 6.42 Å². The van der Waals surface area contributed by atoms with E-state index in [9.17, 15) is 4.79 Å². The zero-order valence-corrected chi connectivity index (χ0v) is 13.4. The molecular weight excluding hydrogens is 309 g/mol. The molecule has 21 heavy (non-hydrogen) atoms. The van der Waals surface area contributed by atoms with Gasteiger partial charge in [0.05, 0.1) is 17.3 Å². The van der Waals surface area contributed by atoms with Crippen LogP contribution in [-0.4, -0.2) is 43.5 Å². The average molecular weight is 330 g/mol. The molecule has 2 atom stereocenters.